The third-order valence-corrected chi connectivity index (χ3v) is 13.9. The maximum atomic E-state index is 3.98. The van der Waals surface area contributed by atoms with E-state index in [9.17, 15) is 0 Å². The molecule has 0 spiro atoms. The molecular formula is C23H36N2Si2. The second-order valence-electron chi connectivity index (χ2n) is 9.63. The summed E-state index contributed by atoms with van der Waals surface area (Å²) in [6.45, 7) is 15.1. The van der Waals surface area contributed by atoms with Crippen molar-refractivity contribution in [3.63, 3.8) is 0 Å². The fraction of sp³-hybridized carbons (Fsp3) is 0.478. The minimum atomic E-state index is -1.61. The lowest BCUT2D eigenvalue weighted by molar-refractivity contribution is 0.533. The van der Waals surface area contributed by atoms with Gasteiger partial charge in [0.1, 0.15) is 0 Å². The number of anilines is 2. The second kappa shape index (κ2) is 7.84. The number of nitrogens with one attached hydrogen (secondary N) is 2. The van der Waals surface area contributed by atoms with Gasteiger partial charge >= 0.3 is 0 Å². The molecule has 2 N–H and O–H groups in total. The molecule has 0 amide bonds. The van der Waals surface area contributed by atoms with Crippen LogP contribution in [-0.2, 0) is 0 Å². The smallest absolute Gasteiger partial charge is 0.151 e. The van der Waals surface area contributed by atoms with E-state index in [1.54, 1.807) is 0 Å². The molecule has 4 heteroatoms. The van der Waals surface area contributed by atoms with Gasteiger partial charge in [-0.2, -0.15) is 0 Å². The number of hydrogen-bond acceptors (Lipinski definition) is 2. The van der Waals surface area contributed by atoms with Crippen molar-refractivity contribution in [3.8, 4) is 0 Å². The van der Waals surface area contributed by atoms with Gasteiger partial charge in [-0.1, -0.05) is 76.4 Å². The summed E-state index contributed by atoms with van der Waals surface area (Å²) in [7, 11) is -3.19. The maximum Gasteiger partial charge on any atom is 0.151 e. The molecule has 0 heterocycles. The molecule has 1 aliphatic carbocycles. The summed E-state index contributed by atoms with van der Waals surface area (Å²) in [6.07, 6.45) is 1.36. The molecule has 0 aromatic heterocycles. The summed E-state index contributed by atoms with van der Waals surface area (Å²) in [5, 5.41) is 0. The van der Waals surface area contributed by atoms with Crippen LogP contribution < -0.4 is 9.96 Å². The second-order valence-corrected chi connectivity index (χ2v) is 18.4. The fourth-order valence-electron chi connectivity index (χ4n) is 5.81. The Kier molecular flexibility index (Phi) is 5.87. The van der Waals surface area contributed by atoms with E-state index in [-0.39, 0.29) is 0 Å². The minimum Gasteiger partial charge on any atom is -0.410 e. The van der Waals surface area contributed by atoms with E-state index in [2.05, 4.69) is 111 Å². The highest BCUT2D eigenvalue weighted by molar-refractivity contribution is 6.84. The zero-order valence-electron chi connectivity index (χ0n) is 17.8. The predicted octanol–water partition coefficient (Wildman–Crippen LogP) is 7.04. The Labute approximate surface area is 168 Å². The van der Waals surface area contributed by atoms with E-state index in [4.69, 9.17) is 0 Å². The monoisotopic (exact) mass is 396 g/mol. The van der Waals surface area contributed by atoms with Gasteiger partial charge in [0.25, 0.3) is 0 Å². The maximum absolute atomic E-state index is 3.98. The summed E-state index contributed by atoms with van der Waals surface area (Å²) in [5.41, 5.74) is 4.18. The zero-order valence-corrected chi connectivity index (χ0v) is 19.8. The van der Waals surface area contributed by atoms with Crippen molar-refractivity contribution in [2.75, 3.05) is 9.96 Å². The Balaban J connectivity index is 1.77. The van der Waals surface area contributed by atoms with Gasteiger partial charge in [-0.3, -0.25) is 0 Å². The molecule has 0 radical (unpaired) electrons. The van der Waals surface area contributed by atoms with Gasteiger partial charge in [0.05, 0.1) is 0 Å². The van der Waals surface area contributed by atoms with Crippen LogP contribution in [0.1, 0.15) is 20.3 Å². The standard InChI is InChI=1S/C23H36N2Si2/c1-18-17-22(26(3,4)24-20-13-9-7-10-14-20)19(2)23(18)27(5,6)25-21-15-11-8-12-16-21/h7-16,18-19,22-25H,17H2,1-6H3. The molecule has 1 fully saturated rings. The van der Waals surface area contributed by atoms with Crippen LogP contribution in [0.3, 0.4) is 0 Å². The largest absolute Gasteiger partial charge is 0.410 e. The molecule has 1 saturated carbocycles. The zero-order chi connectivity index (χ0) is 19.7. The first-order valence-corrected chi connectivity index (χ1v) is 16.5. The molecule has 27 heavy (non-hydrogen) atoms. The quantitative estimate of drug-likeness (QED) is 0.512. The normalized spacial score (nSPS) is 26.0. The van der Waals surface area contributed by atoms with Crippen LogP contribution in [0, 0.1) is 11.8 Å². The molecule has 2 aromatic rings. The molecule has 2 nitrogen and oxygen atoms in total. The van der Waals surface area contributed by atoms with Crippen LogP contribution in [0.5, 0.6) is 0 Å². The summed E-state index contributed by atoms with van der Waals surface area (Å²) >= 11 is 0. The summed E-state index contributed by atoms with van der Waals surface area (Å²) in [6, 6.07) is 21.6. The molecule has 4 unspecified atom stereocenters. The Morgan fingerprint density at radius 3 is 1.63 bits per heavy atom. The van der Waals surface area contributed by atoms with Gasteiger partial charge in [0, 0.05) is 11.4 Å². The van der Waals surface area contributed by atoms with Crippen molar-refractivity contribution >= 4 is 27.8 Å². The van der Waals surface area contributed by atoms with Crippen molar-refractivity contribution in [1.82, 2.24) is 0 Å². The van der Waals surface area contributed by atoms with Crippen LogP contribution in [0.25, 0.3) is 0 Å². The first-order valence-electron chi connectivity index (χ1n) is 10.4. The number of rotatable bonds is 6. The van der Waals surface area contributed by atoms with Crippen LogP contribution >= 0.6 is 0 Å². The van der Waals surface area contributed by atoms with Gasteiger partial charge in [-0.05, 0) is 53.6 Å². The van der Waals surface area contributed by atoms with Crippen molar-refractivity contribution in [1.29, 1.82) is 0 Å². The van der Waals surface area contributed by atoms with Crippen LogP contribution in [0.4, 0.5) is 11.4 Å². The van der Waals surface area contributed by atoms with E-state index in [0.29, 0.717) is 0 Å². The number of hydrogen-bond donors (Lipinski definition) is 2. The average Bonchev–Trinajstić information content (AvgIpc) is 2.92. The van der Waals surface area contributed by atoms with Crippen LogP contribution in [0.2, 0.25) is 37.3 Å². The molecule has 2 aromatic carbocycles. The topological polar surface area (TPSA) is 24.1 Å². The highest BCUT2D eigenvalue weighted by Gasteiger charge is 2.52. The van der Waals surface area contributed by atoms with Crippen LogP contribution in [-0.4, -0.2) is 16.5 Å². The Hall–Kier alpha value is -1.53. The molecule has 0 bridgehead atoms. The van der Waals surface area contributed by atoms with Crippen molar-refractivity contribution in [3.05, 3.63) is 60.7 Å². The first-order chi connectivity index (χ1) is 12.7. The van der Waals surface area contributed by atoms with E-state index >= 15 is 0 Å². The van der Waals surface area contributed by atoms with E-state index in [1.165, 1.54) is 17.8 Å². The summed E-state index contributed by atoms with van der Waals surface area (Å²) in [4.78, 5) is 7.94. The molecule has 4 atom stereocenters. The van der Waals surface area contributed by atoms with Gasteiger partial charge in [-0.15, -0.1) is 0 Å². The molecular weight excluding hydrogens is 360 g/mol. The van der Waals surface area contributed by atoms with Crippen molar-refractivity contribution in [2.24, 2.45) is 11.8 Å². The number of benzene rings is 2. The lowest BCUT2D eigenvalue weighted by atomic mass is 10.1. The highest BCUT2D eigenvalue weighted by atomic mass is 28.3. The molecule has 3 rings (SSSR count). The Morgan fingerprint density at radius 2 is 1.15 bits per heavy atom. The Bertz CT molecular complexity index is 731. The van der Waals surface area contributed by atoms with Gasteiger partial charge in [-0.25, -0.2) is 0 Å². The fourth-order valence-corrected chi connectivity index (χ4v) is 13.8. The highest BCUT2D eigenvalue weighted by Crippen LogP contribution is 2.56. The average molecular weight is 397 g/mol. The molecule has 0 saturated heterocycles. The van der Waals surface area contributed by atoms with Gasteiger partial charge < -0.3 is 9.96 Å². The minimum absolute atomic E-state index is 0.760. The molecule has 1 aliphatic rings. The third kappa shape index (κ3) is 4.49. The van der Waals surface area contributed by atoms with Gasteiger partial charge in [0.15, 0.2) is 16.5 Å². The predicted molar refractivity (Wildman–Crippen MR) is 126 cm³/mol. The van der Waals surface area contributed by atoms with E-state index < -0.39 is 16.5 Å². The van der Waals surface area contributed by atoms with Gasteiger partial charge in [0.2, 0.25) is 0 Å². The summed E-state index contributed by atoms with van der Waals surface area (Å²) < 4.78 is 0. The third-order valence-electron chi connectivity index (χ3n) is 6.68. The van der Waals surface area contributed by atoms with E-state index in [1.807, 2.05) is 0 Å². The van der Waals surface area contributed by atoms with E-state index in [0.717, 1.165) is 22.9 Å². The summed E-state index contributed by atoms with van der Waals surface area (Å²) in [5.74, 6) is 1.54. The Morgan fingerprint density at radius 1 is 0.704 bits per heavy atom. The first kappa shape index (κ1) is 20.2. The SMILES string of the molecule is CC1CC([Si](C)(C)Nc2ccccc2)C(C)C1[Si](C)(C)Nc1ccccc1. The lowest BCUT2D eigenvalue weighted by Gasteiger charge is -2.40. The lowest BCUT2D eigenvalue weighted by Crippen LogP contribution is -2.47. The van der Waals surface area contributed by atoms with Crippen molar-refractivity contribution in [2.45, 2.75) is 57.5 Å². The number of para-hydroxylation sites is 2. The molecule has 0 aliphatic heterocycles. The van der Waals surface area contributed by atoms with Crippen LogP contribution in [0.15, 0.2) is 60.7 Å². The molecule has 146 valence electrons. The van der Waals surface area contributed by atoms with Crippen molar-refractivity contribution < 1.29 is 0 Å².